The molecule has 0 aliphatic rings. The second kappa shape index (κ2) is 7.37. The number of carbonyl (C=O) groups is 2. The van der Waals surface area contributed by atoms with Crippen LogP contribution in [0.1, 0.15) is 30.6 Å². The molecule has 1 rings (SSSR count). The number of benzene rings is 1. The van der Waals surface area contributed by atoms with Gasteiger partial charge in [-0.2, -0.15) is 0 Å². The zero-order valence-electron chi connectivity index (χ0n) is 12.0. The molecule has 4 N–H and O–H groups in total. The molecule has 0 aliphatic carbocycles. The zero-order valence-corrected chi connectivity index (χ0v) is 12.0. The van der Waals surface area contributed by atoms with Gasteiger partial charge in [0.25, 0.3) is 0 Å². The molecule has 6 heteroatoms. The fourth-order valence-corrected chi connectivity index (χ4v) is 1.71. The maximum Gasteiger partial charge on any atom is 0.340 e. The van der Waals surface area contributed by atoms with Crippen LogP contribution in [-0.4, -0.2) is 31.6 Å². The van der Waals surface area contributed by atoms with Gasteiger partial charge in [0.15, 0.2) is 0 Å². The van der Waals surface area contributed by atoms with Crippen molar-refractivity contribution in [3.05, 3.63) is 23.8 Å². The lowest BCUT2D eigenvalue weighted by molar-refractivity contribution is -0.121. The highest BCUT2D eigenvalue weighted by molar-refractivity contribution is 5.98. The largest absolute Gasteiger partial charge is 0.465 e. The van der Waals surface area contributed by atoms with Gasteiger partial charge in [-0.05, 0) is 26.0 Å². The molecule has 20 heavy (non-hydrogen) atoms. The highest BCUT2D eigenvalue weighted by Gasteiger charge is 2.12. The Bertz CT molecular complexity index is 487. The van der Waals surface area contributed by atoms with E-state index in [-0.39, 0.29) is 11.9 Å². The average molecular weight is 279 g/mol. The Kier molecular flexibility index (Phi) is 5.83. The molecule has 0 aliphatic heterocycles. The average Bonchev–Trinajstić information content (AvgIpc) is 2.39. The first kappa shape index (κ1) is 15.8. The maximum atomic E-state index is 11.5. The van der Waals surface area contributed by atoms with E-state index in [0.717, 1.165) is 0 Å². The lowest BCUT2D eigenvalue weighted by atomic mass is 10.1. The van der Waals surface area contributed by atoms with E-state index in [1.807, 2.05) is 13.8 Å². The van der Waals surface area contributed by atoms with Crippen molar-refractivity contribution in [1.82, 2.24) is 5.32 Å². The topological polar surface area (TPSA) is 93.4 Å². The third-order valence-electron chi connectivity index (χ3n) is 2.63. The molecule has 0 atom stereocenters. The van der Waals surface area contributed by atoms with Crippen LogP contribution in [0, 0.1) is 0 Å². The molecule has 0 radical (unpaired) electrons. The maximum absolute atomic E-state index is 11.5. The Balaban J connectivity index is 2.61. The number of ether oxygens (including phenoxy) is 1. The summed E-state index contributed by atoms with van der Waals surface area (Å²) < 4.78 is 4.65. The molecule has 0 bridgehead atoms. The van der Waals surface area contributed by atoms with E-state index >= 15 is 0 Å². The van der Waals surface area contributed by atoms with Crippen molar-refractivity contribution in [2.24, 2.45) is 0 Å². The molecule has 0 heterocycles. The number of methoxy groups -OCH3 is 1. The second-order valence-electron chi connectivity index (χ2n) is 4.66. The number of amides is 1. The first-order chi connectivity index (χ1) is 9.45. The Morgan fingerprint density at radius 3 is 2.65 bits per heavy atom. The van der Waals surface area contributed by atoms with Crippen LogP contribution in [0.5, 0.6) is 0 Å². The molecule has 0 saturated heterocycles. The van der Waals surface area contributed by atoms with Crippen LogP contribution in [0.25, 0.3) is 0 Å². The van der Waals surface area contributed by atoms with Crippen molar-refractivity contribution >= 4 is 23.3 Å². The lowest BCUT2D eigenvalue weighted by Crippen LogP contribution is -2.31. The fourth-order valence-electron chi connectivity index (χ4n) is 1.71. The van der Waals surface area contributed by atoms with E-state index in [4.69, 9.17) is 5.73 Å². The van der Waals surface area contributed by atoms with Crippen LogP contribution in [-0.2, 0) is 9.53 Å². The van der Waals surface area contributed by atoms with Gasteiger partial charge >= 0.3 is 5.97 Å². The summed E-state index contributed by atoms with van der Waals surface area (Å²) in [6, 6.07) is 5.18. The van der Waals surface area contributed by atoms with E-state index in [1.165, 1.54) is 7.11 Å². The van der Waals surface area contributed by atoms with Gasteiger partial charge < -0.3 is 21.1 Å². The summed E-state index contributed by atoms with van der Waals surface area (Å²) in [5.74, 6) is -0.515. The molecule has 1 amide bonds. The normalized spacial score (nSPS) is 10.2. The first-order valence-corrected chi connectivity index (χ1v) is 6.45. The number of esters is 1. The predicted octanol–water partition coefficient (Wildman–Crippen LogP) is 1.38. The van der Waals surface area contributed by atoms with Gasteiger partial charge in [-0.3, -0.25) is 4.79 Å². The van der Waals surface area contributed by atoms with Crippen LogP contribution < -0.4 is 16.4 Å². The van der Waals surface area contributed by atoms with E-state index < -0.39 is 5.97 Å². The molecular formula is C14H21N3O3. The minimum atomic E-state index is -0.483. The smallest absolute Gasteiger partial charge is 0.340 e. The minimum Gasteiger partial charge on any atom is -0.465 e. The molecule has 0 unspecified atom stereocenters. The SMILES string of the molecule is COC(=O)c1cccc(NCCC(=O)NC(C)C)c1N. The van der Waals surface area contributed by atoms with Gasteiger partial charge in [-0.25, -0.2) is 4.79 Å². The van der Waals surface area contributed by atoms with E-state index in [2.05, 4.69) is 15.4 Å². The predicted molar refractivity (Wildman–Crippen MR) is 78.6 cm³/mol. The Morgan fingerprint density at radius 2 is 2.05 bits per heavy atom. The summed E-state index contributed by atoms with van der Waals surface area (Å²) in [4.78, 5) is 23.0. The number of nitrogens with two attached hydrogens (primary N) is 1. The van der Waals surface area contributed by atoms with Crippen molar-refractivity contribution < 1.29 is 14.3 Å². The monoisotopic (exact) mass is 279 g/mol. The molecule has 0 saturated carbocycles. The van der Waals surface area contributed by atoms with Crippen molar-refractivity contribution in [1.29, 1.82) is 0 Å². The molecule has 1 aromatic rings. The summed E-state index contributed by atoms with van der Waals surface area (Å²) in [5.41, 5.74) is 7.14. The number of rotatable bonds is 6. The van der Waals surface area contributed by atoms with E-state index in [9.17, 15) is 9.59 Å². The highest BCUT2D eigenvalue weighted by atomic mass is 16.5. The Hall–Kier alpha value is -2.24. The number of para-hydroxylation sites is 1. The number of nitrogens with one attached hydrogen (secondary N) is 2. The van der Waals surface area contributed by atoms with Gasteiger partial charge in [0.05, 0.1) is 24.0 Å². The Labute approximate surface area is 118 Å². The molecule has 6 nitrogen and oxygen atoms in total. The van der Waals surface area contributed by atoms with E-state index in [1.54, 1.807) is 18.2 Å². The van der Waals surface area contributed by atoms with Crippen molar-refractivity contribution in [2.75, 3.05) is 24.7 Å². The Morgan fingerprint density at radius 1 is 1.35 bits per heavy atom. The molecular weight excluding hydrogens is 258 g/mol. The molecule has 0 fully saturated rings. The highest BCUT2D eigenvalue weighted by Crippen LogP contribution is 2.23. The first-order valence-electron chi connectivity index (χ1n) is 6.45. The summed E-state index contributed by atoms with van der Waals surface area (Å²) in [7, 11) is 1.30. The van der Waals surface area contributed by atoms with Crippen LogP contribution in [0.3, 0.4) is 0 Å². The molecule has 1 aromatic carbocycles. The molecule has 0 spiro atoms. The summed E-state index contributed by atoms with van der Waals surface area (Å²) in [5, 5.41) is 5.84. The second-order valence-corrected chi connectivity index (χ2v) is 4.66. The van der Waals surface area contributed by atoms with Crippen molar-refractivity contribution in [3.63, 3.8) is 0 Å². The molecule has 0 aromatic heterocycles. The van der Waals surface area contributed by atoms with Gasteiger partial charge in [0.2, 0.25) is 5.91 Å². The van der Waals surface area contributed by atoms with Gasteiger partial charge in [-0.15, -0.1) is 0 Å². The summed E-state index contributed by atoms with van der Waals surface area (Å²) in [6.07, 6.45) is 0.333. The van der Waals surface area contributed by atoms with Crippen LogP contribution in [0.15, 0.2) is 18.2 Å². The zero-order chi connectivity index (χ0) is 15.1. The van der Waals surface area contributed by atoms with Gasteiger partial charge in [-0.1, -0.05) is 6.07 Å². The van der Waals surface area contributed by atoms with Gasteiger partial charge in [0.1, 0.15) is 0 Å². The number of carbonyl (C=O) groups excluding carboxylic acids is 2. The fraction of sp³-hybridized carbons (Fsp3) is 0.429. The minimum absolute atomic E-state index is 0.0322. The standard InChI is InChI=1S/C14H21N3O3/c1-9(2)17-12(18)7-8-16-11-6-4-5-10(13(11)15)14(19)20-3/h4-6,9,16H,7-8,15H2,1-3H3,(H,17,18). The molecule has 110 valence electrons. The summed E-state index contributed by atoms with van der Waals surface area (Å²) >= 11 is 0. The number of hydrogen-bond donors (Lipinski definition) is 3. The number of hydrogen-bond acceptors (Lipinski definition) is 5. The quantitative estimate of drug-likeness (QED) is 0.540. The van der Waals surface area contributed by atoms with Crippen LogP contribution in [0.2, 0.25) is 0 Å². The number of nitrogen functional groups attached to an aromatic ring is 1. The third kappa shape index (κ3) is 4.46. The van der Waals surface area contributed by atoms with E-state index in [0.29, 0.717) is 29.9 Å². The third-order valence-corrected chi connectivity index (χ3v) is 2.63. The van der Waals surface area contributed by atoms with Crippen LogP contribution >= 0.6 is 0 Å². The number of anilines is 2. The van der Waals surface area contributed by atoms with Gasteiger partial charge in [0, 0.05) is 19.0 Å². The lowest BCUT2D eigenvalue weighted by Gasteiger charge is -2.12. The van der Waals surface area contributed by atoms with Crippen LogP contribution in [0.4, 0.5) is 11.4 Å². The van der Waals surface area contributed by atoms with Crippen molar-refractivity contribution in [3.8, 4) is 0 Å². The summed E-state index contributed by atoms with van der Waals surface area (Å²) in [6.45, 7) is 4.25. The van der Waals surface area contributed by atoms with Crippen molar-refractivity contribution in [2.45, 2.75) is 26.3 Å².